The summed E-state index contributed by atoms with van der Waals surface area (Å²) in [6.07, 6.45) is 3.32. The smallest absolute Gasteiger partial charge is 0.131 e. The van der Waals surface area contributed by atoms with Crippen LogP contribution in [0.4, 0.5) is 11.6 Å². The minimum atomic E-state index is -0.150. The summed E-state index contributed by atoms with van der Waals surface area (Å²) in [5, 5.41) is 0. The quantitative estimate of drug-likeness (QED) is 0.744. The maximum atomic E-state index is 7.89. The molecule has 0 aliphatic carbocycles. The topological polar surface area (TPSA) is 42.1 Å². The maximum absolute atomic E-state index is 7.89. The molecule has 2 heterocycles. The van der Waals surface area contributed by atoms with Crippen LogP contribution in [-0.4, -0.2) is 17.6 Å². The van der Waals surface area contributed by atoms with Crippen molar-refractivity contribution in [3.8, 4) is 0 Å². The number of nitrogen functional groups attached to an aromatic ring is 1. The lowest BCUT2D eigenvalue weighted by molar-refractivity contribution is 0.481. The first kappa shape index (κ1) is 6.27. The summed E-state index contributed by atoms with van der Waals surface area (Å²) in [7, 11) is 0. The molecule has 1 atom stereocenters. The number of pyridine rings is 1. The van der Waals surface area contributed by atoms with Gasteiger partial charge in [-0.15, -0.1) is 0 Å². The first-order valence-electron chi connectivity index (χ1n) is 6.52. The second-order valence-electron chi connectivity index (χ2n) is 3.73. The molecule has 1 aromatic heterocycles. The third-order valence-electron chi connectivity index (χ3n) is 2.67. The Balaban J connectivity index is 2.44. The number of nitrogens with zero attached hydrogens (tertiary/aromatic N) is 2. The standard InChI is InChI=1S/C11H17N3/c1-9-5-2-3-8-14(9)11-7-4-6-10(12)13-11/h4,6-7,9H,2-3,5,8H2,1H3,(H2,12,13)/i4D,6D,7D. The van der Waals surface area contributed by atoms with Gasteiger partial charge in [0.1, 0.15) is 11.6 Å². The molecule has 0 aromatic carbocycles. The Morgan fingerprint density at radius 3 is 3.21 bits per heavy atom. The van der Waals surface area contributed by atoms with Gasteiger partial charge in [0.05, 0.1) is 4.11 Å². The van der Waals surface area contributed by atoms with E-state index in [1.54, 1.807) is 0 Å². The predicted molar refractivity (Wildman–Crippen MR) is 59.3 cm³/mol. The number of hydrogen-bond acceptors (Lipinski definition) is 3. The minimum absolute atomic E-state index is 0.0120. The van der Waals surface area contributed by atoms with E-state index in [9.17, 15) is 0 Å². The van der Waals surface area contributed by atoms with Gasteiger partial charge in [-0.1, -0.05) is 6.04 Å². The molecule has 0 bridgehead atoms. The van der Waals surface area contributed by atoms with Crippen LogP contribution < -0.4 is 10.6 Å². The van der Waals surface area contributed by atoms with Crippen LogP contribution in [0.3, 0.4) is 0 Å². The van der Waals surface area contributed by atoms with Crippen molar-refractivity contribution in [3.63, 3.8) is 0 Å². The highest BCUT2D eigenvalue weighted by Gasteiger charge is 2.19. The van der Waals surface area contributed by atoms with E-state index >= 15 is 0 Å². The molecule has 1 saturated heterocycles. The summed E-state index contributed by atoms with van der Waals surface area (Å²) in [6.45, 7) is 2.94. The van der Waals surface area contributed by atoms with Crippen molar-refractivity contribution in [1.29, 1.82) is 0 Å². The van der Waals surface area contributed by atoms with E-state index in [1.165, 1.54) is 6.42 Å². The molecule has 0 radical (unpaired) electrons. The fourth-order valence-corrected chi connectivity index (χ4v) is 1.87. The van der Waals surface area contributed by atoms with Crippen LogP contribution in [0.1, 0.15) is 30.3 Å². The zero-order chi connectivity index (χ0) is 12.6. The summed E-state index contributed by atoms with van der Waals surface area (Å²) in [5.41, 5.74) is 5.61. The average Bonchev–Trinajstić information content (AvgIpc) is 2.32. The Kier molecular flexibility index (Phi) is 1.73. The molecule has 1 fully saturated rings. The second-order valence-corrected chi connectivity index (χ2v) is 3.73. The Labute approximate surface area is 89.1 Å². The summed E-state index contributed by atoms with van der Waals surface area (Å²) in [4.78, 5) is 6.14. The molecule has 14 heavy (non-hydrogen) atoms. The number of nitrogens with two attached hydrogens (primary N) is 1. The van der Waals surface area contributed by atoms with E-state index in [2.05, 4.69) is 11.9 Å². The molecule has 3 nitrogen and oxygen atoms in total. The highest BCUT2D eigenvalue weighted by molar-refractivity contribution is 5.45. The Bertz CT molecular complexity index is 436. The van der Waals surface area contributed by atoms with Gasteiger partial charge in [-0.25, -0.2) is 4.98 Å². The van der Waals surface area contributed by atoms with Gasteiger partial charge in [-0.2, -0.15) is 0 Å². The van der Waals surface area contributed by atoms with Gasteiger partial charge in [-0.3, -0.25) is 0 Å². The first-order valence-corrected chi connectivity index (χ1v) is 5.02. The fraction of sp³-hybridized carbons (Fsp3) is 0.545. The highest BCUT2D eigenvalue weighted by Crippen LogP contribution is 2.23. The van der Waals surface area contributed by atoms with E-state index in [0.29, 0.717) is 11.9 Å². The molecule has 2 rings (SSSR count). The first-order chi connectivity index (χ1) is 8.02. The van der Waals surface area contributed by atoms with Gasteiger partial charge >= 0.3 is 0 Å². The van der Waals surface area contributed by atoms with E-state index in [4.69, 9.17) is 9.85 Å². The van der Waals surface area contributed by atoms with Crippen LogP contribution in [0.25, 0.3) is 0 Å². The lowest BCUT2D eigenvalue weighted by Gasteiger charge is -2.34. The van der Waals surface area contributed by atoms with Crippen molar-refractivity contribution >= 4 is 11.6 Å². The molecule has 1 unspecified atom stereocenters. The predicted octanol–water partition coefficient (Wildman–Crippen LogP) is 2.04. The van der Waals surface area contributed by atoms with Crippen molar-refractivity contribution in [3.05, 3.63) is 18.1 Å². The van der Waals surface area contributed by atoms with E-state index in [0.717, 1.165) is 19.4 Å². The number of piperidine rings is 1. The second kappa shape index (κ2) is 3.86. The average molecular weight is 194 g/mol. The monoisotopic (exact) mass is 194 g/mol. The van der Waals surface area contributed by atoms with Crippen molar-refractivity contribution < 1.29 is 4.11 Å². The van der Waals surface area contributed by atoms with Gasteiger partial charge in [-0.05, 0) is 38.3 Å². The van der Waals surface area contributed by atoms with Crippen LogP contribution in [0.15, 0.2) is 18.1 Å². The van der Waals surface area contributed by atoms with Crippen molar-refractivity contribution in [2.75, 3.05) is 17.2 Å². The number of rotatable bonds is 1. The molecule has 0 amide bonds. The third-order valence-corrected chi connectivity index (χ3v) is 2.67. The molecule has 2 N–H and O–H groups in total. The molecule has 1 aromatic rings. The Morgan fingerprint density at radius 1 is 1.57 bits per heavy atom. The van der Waals surface area contributed by atoms with Crippen LogP contribution >= 0.6 is 0 Å². The van der Waals surface area contributed by atoms with Crippen molar-refractivity contribution in [1.82, 2.24) is 4.98 Å². The van der Waals surface area contributed by atoms with Crippen LogP contribution in [-0.2, 0) is 0 Å². The molecular formula is C11H17N3. The maximum Gasteiger partial charge on any atom is 0.131 e. The number of hydrogen-bond donors (Lipinski definition) is 1. The number of anilines is 2. The largest absolute Gasteiger partial charge is 0.384 e. The van der Waals surface area contributed by atoms with Crippen LogP contribution in [0, 0.1) is 0 Å². The molecule has 0 spiro atoms. The van der Waals surface area contributed by atoms with Crippen molar-refractivity contribution in [2.45, 2.75) is 32.2 Å². The van der Waals surface area contributed by atoms with Crippen LogP contribution in [0.2, 0.25) is 0 Å². The molecule has 0 saturated carbocycles. The molecule has 1 aliphatic heterocycles. The summed E-state index contributed by atoms with van der Waals surface area (Å²) in [6, 6.07) is 0.0439. The minimum Gasteiger partial charge on any atom is -0.384 e. The van der Waals surface area contributed by atoms with Gasteiger partial charge < -0.3 is 10.6 Å². The molecule has 3 heteroatoms. The van der Waals surface area contributed by atoms with E-state index < -0.39 is 0 Å². The molecule has 1 aliphatic rings. The van der Waals surface area contributed by atoms with Crippen molar-refractivity contribution in [2.24, 2.45) is 0 Å². The van der Waals surface area contributed by atoms with Gasteiger partial charge in [0.25, 0.3) is 0 Å². The van der Waals surface area contributed by atoms with E-state index in [1.807, 2.05) is 4.90 Å². The molecule has 76 valence electrons. The van der Waals surface area contributed by atoms with Gasteiger partial charge in [0.2, 0.25) is 0 Å². The Hall–Kier alpha value is -1.25. The summed E-state index contributed by atoms with van der Waals surface area (Å²) in [5.74, 6) is 0.495. The third kappa shape index (κ3) is 1.81. The fourth-order valence-electron chi connectivity index (χ4n) is 1.87. The lowest BCUT2D eigenvalue weighted by Crippen LogP contribution is -2.37. The zero-order valence-electron chi connectivity index (χ0n) is 11.4. The lowest BCUT2D eigenvalue weighted by atomic mass is 10.0. The summed E-state index contributed by atoms with van der Waals surface area (Å²) >= 11 is 0. The number of aromatic nitrogens is 1. The van der Waals surface area contributed by atoms with Gasteiger partial charge in [0, 0.05) is 12.6 Å². The zero-order valence-corrected chi connectivity index (χ0v) is 8.38. The summed E-state index contributed by atoms with van der Waals surface area (Å²) < 4.78 is 23.1. The van der Waals surface area contributed by atoms with Gasteiger partial charge in [0.15, 0.2) is 0 Å². The van der Waals surface area contributed by atoms with Crippen LogP contribution in [0.5, 0.6) is 0 Å². The molecular weight excluding hydrogens is 174 g/mol. The highest BCUT2D eigenvalue weighted by atomic mass is 15.2. The van der Waals surface area contributed by atoms with E-state index in [-0.39, 0.29) is 23.9 Å². The Morgan fingerprint density at radius 2 is 2.43 bits per heavy atom. The normalized spacial score (nSPS) is 25.4. The SMILES string of the molecule is [2H]c1c(N)nc(N2CCCCC2C)c([2H])c1[2H].